The number of esters is 1. The molecular formula is C11H17N3O5. The highest BCUT2D eigenvalue weighted by molar-refractivity contribution is 5.84. The van der Waals surface area contributed by atoms with Crippen molar-refractivity contribution in [3.8, 4) is 0 Å². The molecule has 2 aliphatic heterocycles. The van der Waals surface area contributed by atoms with Crippen molar-refractivity contribution in [2.75, 3.05) is 0 Å². The molecule has 106 valence electrons. The molecule has 0 radical (unpaired) electrons. The smallest absolute Gasteiger partial charge is 0.337 e. The molecule has 3 aliphatic rings. The third-order valence-electron chi connectivity index (χ3n) is 4.50. The molecule has 7 atom stereocenters. The number of carbonyl (C=O) groups is 1. The summed E-state index contributed by atoms with van der Waals surface area (Å²) >= 11 is 0. The zero-order valence-corrected chi connectivity index (χ0v) is 10.4. The third kappa shape index (κ3) is 1.44. The first-order valence-electron chi connectivity index (χ1n) is 6.24. The highest BCUT2D eigenvalue weighted by Crippen LogP contribution is 2.47. The Labute approximate surface area is 109 Å². The molecule has 7 unspecified atom stereocenters. The number of guanidine groups is 1. The number of aliphatic imine (C=N–C) groups is 1. The van der Waals surface area contributed by atoms with Crippen molar-refractivity contribution in [3.63, 3.8) is 0 Å². The van der Waals surface area contributed by atoms with E-state index < -0.39 is 42.0 Å². The molecule has 8 nitrogen and oxygen atoms in total. The molecule has 1 spiro atoms. The fourth-order valence-corrected chi connectivity index (χ4v) is 3.56. The maximum absolute atomic E-state index is 11.8. The van der Waals surface area contributed by atoms with Crippen LogP contribution in [0.1, 0.15) is 13.3 Å². The molecule has 19 heavy (non-hydrogen) atoms. The molecule has 0 amide bonds. The molecule has 8 heteroatoms. The Kier molecular flexibility index (Phi) is 2.54. The summed E-state index contributed by atoms with van der Waals surface area (Å²) in [4.78, 5) is 15.6. The monoisotopic (exact) mass is 271 g/mol. The van der Waals surface area contributed by atoms with Crippen molar-refractivity contribution in [2.24, 2.45) is 22.6 Å². The average molecular weight is 271 g/mol. The SMILES string of the molecule is CC1CC2C(O)N=C(N)NC23C(O)C(=O)OC1C3O. The van der Waals surface area contributed by atoms with Gasteiger partial charge in [0.1, 0.15) is 17.7 Å². The summed E-state index contributed by atoms with van der Waals surface area (Å²) in [5.41, 5.74) is 4.14. The van der Waals surface area contributed by atoms with E-state index in [-0.39, 0.29) is 11.9 Å². The number of aliphatic hydroxyl groups is 3. The van der Waals surface area contributed by atoms with E-state index in [0.717, 1.165) is 0 Å². The topological polar surface area (TPSA) is 137 Å². The van der Waals surface area contributed by atoms with Crippen LogP contribution >= 0.6 is 0 Å². The van der Waals surface area contributed by atoms with Gasteiger partial charge in [-0.1, -0.05) is 6.92 Å². The van der Waals surface area contributed by atoms with Crippen LogP contribution in [0.5, 0.6) is 0 Å². The molecule has 6 N–H and O–H groups in total. The van der Waals surface area contributed by atoms with E-state index in [2.05, 4.69) is 10.3 Å². The second-order valence-corrected chi connectivity index (χ2v) is 5.55. The van der Waals surface area contributed by atoms with Gasteiger partial charge in [-0.05, 0) is 12.3 Å². The molecule has 0 aromatic carbocycles. The molecule has 1 aliphatic carbocycles. The quantitative estimate of drug-likeness (QED) is 0.301. The van der Waals surface area contributed by atoms with Gasteiger partial charge in [-0.15, -0.1) is 0 Å². The summed E-state index contributed by atoms with van der Waals surface area (Å²) in [6.45, 7) is 1.82. The van der Waals surface area contributed by atoms with Gasteiger partial charge in [0.15, 0.2) is 18.3 Å². The lowest BCUT2D eigenvalue weighted by Gasteiger charge is -2.58. The number of fused-ring (bicyclic) bond motifs is 1. The van der Waals surface area contributed by atoms with E-state index in [1.165, 1.54) is 0 Å². The first-order chi connectivity index (χ1) is 8.87. The maximum atomic E-state index is 11.8. The number of hydrogen-bond donors (Lipinski definition) is 5. The van der Waals surface area contributed by atoms with Gasteiger partial charge < -0.3 is 31.1 Å². The standard InChI is InChI=1S/C11H17N3O5/c1-3-2-4-8(17)13-10(12)14-11(4)6(15)5(3)19-9(18)7(11)16/h3-8,15-17H,2H2,1H3,(H3,12,13,14). The number of hydrogen-bond acceptors (Lipinski definition) is 8. The Morgan fingerprint density at radius 3 is 2.84 bits per heavy atom. The first-order valence-corrected chi connectivity index (χ1v) is 6.24. The van der Waals surface area contributed by atoms with Gasteiger partial charge in [0.25, 0.3) is 0 Å². The molecule has 2 fully saturated rings. The van der Waals surface area contributed by atoms with Crippen LogP contribution in [0.3, 0.4) is 0 Å². The summed E-state index contributed by atoms with van der Waals surface area (Å²) in [5, 5.41) is 33.3. The lowest BCUT2D eigenvalue weighted by atomic mass is 9.61. The summed E-state index contributed by atoms with van der Waals surface area (Å²) in [6, 6.07) is 0. The van der Waals surface area contributed by atoms with Gasteiger partial charge in [-0.3, -0.25) is 0 Å². The molecule has 1 saturated heterocycles. The van der Waals surface area contributed by atoms with Crippen molar-refractivity contribution in [2.45, 2.75) is 43.4 Å². The lowest BCUT2D eigenvalue weighted by molar-refractivity contribution is -0.235. The van der Waals surface area contributed by atoms with Gasteiger partial charge in [0.2, 0.25) is 0 Å². The second kappa shape index (κ2) is 3.81. The van der Waals surface area contributed by atoms with E-state index in [0.29, 0.717) is 6.42 Å². The van der Waals surface area contributed by atoms with Crippen LogP contribution in [0.2, 0.25) is 0 Å². The highest BCUT2D eigenvalue weighted by atomic mass is 16.6. The van der Waals surface area contributed by atoms with Gasteiger partial charge in [-0.2, -0.15) is 0 Å². The van der Waals surface area contributed by atoms with Crippen molar-refractivity contribution in [1.82, 2.24) is 5.32 Å². The molecule has 2 bridgehead atoms. The molecule has 0 aromatic heterocycles. The van der Waals surface area contributed by atoms with Gasteiger partial charge >= 0.3 is 5.97 Å². The van der Waals surface area contributed by atoms with Crippen molar-refractivity contribution < 1.29 is 24.9 Å². The number of rotatable bonds is 0. The Balaban J connectivity index is 2.13. The molecule has 0 aromatic rings. The molecule has 3 rings (SSSR count). The van der Waals surface area contributed by atoms with E-state index in [4.69, 9.17) is 10.5 Å². The summed E-state index contributed by atoms with van der Waals surface area (Å²) in [7, 11) is 0. The molecular weight excluding hydrogens is 254 g/mol. The van der Waals surface area contributed by atoms with Gasteiger partial charge in [0, 0.05) is 5.92 Å². The molecule has 1 saturated carbocycles. The van der Waals surface area contributed by atoms with Crippen LogP contribution in [0.15, 0.2) is 4.99 Å². The summed E-state index contributed by atoms with van der Waals surface area (Å²) in [6.07, 6.45) is -4.19. The predicted octanol–water partition coefficient (Wildman–Crippen LogP) is -2.74. The number of ether oxygens (including phenoxy) is 1. The zero-order valence-electron chi connectivity index (χ0n) is 10.4. The van der Waals surface area contributed by atoms with Crippen molar-refractivity contribution >= 4 is 11.9 Å². The van der Waals surface area contributed by atoms with Crippen LogP contribution in [-0.4, -0.2) is 57.3 Å². The van der Waals surface area contributed by atoms with Crippen LogP contribution < -0.4 is 11.1 Å². The normalized spacial score (nSPS) is 52.6. The van der Waals surface area contributed by atoms with Gasteiger partial charge in [0.05, 0.1) is 0 Å². The minimum absolute atomic E-state index is 0.107. The van der Waals surface area contributed by atoms with Crippen molar-refractivity contribution in [3.05, 3.63) is 0 Å². The van der Waals surface area contributed by atoms with E-state index in [1.807, 2.05) is 6.92 Å². The lowest BCUT2D eigenvalue weighted by Crippen LogP contribution is -2.81. The van der Waals surface area contributed by atoms with E-state index >= 15 is 0 Å². The van der Waals surface area contributed by atoms with Gasteiger partial charge in [-0.25, -0.2) is 9.79 Å². The molecule has 2 heterocycles. The third-order valence-corrected chi connectivity index (χ3v) is 4.50. The number of nitrogens with one attached hydrogen (secondary N) is 1. The fraction of sp³-hybridized carbons (Fsp3) is 0.818. The fourth-order valence-electron chi connectivity index (χ4n) is 3.56. The van der Waals surface area contributed by atoms with E-state index in [9.17, 15) is 20.1 Å². The number of nitrogens with two attached hydrogens (primary N) is 1. The number of carbonyl (C=O) groups excluding carboxylic acids is 1. The minimum Gasteiger partial charge on any atom is -0.457 e. The average Bonchev–Trinajstić information content (AvgIpc) is 2.33. The van der Waals surface area contributed by atoms with Crippen LogP contribution in [0.25, 0.3) is 0 Å². The van der Waals surface area contributed by atoms with Crippen LogP contribution in [0, 0.1) is 11.8 Å². The number of nitrogens with zero attached hydrogens (tertiary/aromatic N) is 1. The highest BCUT2D eigenvalue weighted by Gasteiger charge is 2.67. The summed E-state index contributed by atoms with van der Waals surface area (Å²) in [5.74, 6) is -1.68. The second-order valence-electron chi connectivity index (χ2n) is 5.55. The largest absolute Gasteiger partial charge is 0.457 e. The Morgan fingerprint density at radius 1 is 1.47 bits per heavy atom. The van der Waals surface area contributed by atoms with E-state index in [1.54, 1.807) is 0 Å². The zero-order chi connectivity index (χ0) is 13.9. The summed E-state index contributed by atoms with van der Waals surface area (Å²) < 4.78 is 5.07. The minimum atomic E-state index is -1.60. The first kappa shape index (κ1) is 12.6. The maximum Gasteiger partial charge on any atom is 0.337 e. The number of aliphatic hydroxyl groups excluding tert-OH is 3. The van der Waals surface area contributed by atoms with Crippen molar-refractivity contribution in [1.29, 1.82) is 0 Å². The Morgan fingerprint density at radius 2 is 2.16 bits per heavy atom. The van der Waals surface area contributed by atoms with Crippen LogP contribution in [0.4, 0.5) is 0 Å². The van der Waals surface area contributed by atoms with Crippen LogP contribution in [-0.2, 0) is 9.53 Å². The Hall–Kier alpha value is -1.38. The Bertz CT molecular complexity index is 456. The predicted molar refractivity (Wildman–Crippen MR) is 62.7 cm³/mol.